The first kappa shape index (κ1) is 15.3. The van der Waals surface area contributed by atoms with E-state index in [9.17, 15) is 4.79 Å². The predicted molar refractivity (Wildman–Crippen MR) is 92.3 cm³/mol. The predicted octanol–water partition coefficient (Wildman–Crippen LogP) is 3.30. The Kier molecular flexibility index (Phi) is 3.63. The molecule has 0 saturated heterocycles. The highest BCUT2D eigenvalue weighted by Gasteiger charge is 2.72. The van der Waals surface area contributed by atoms with Crippen LogP contribution < -0.4 is 5.32 Å². The van der Waals surface area contributed by atoms with Gasteiger partial charge < -0.3 is 5.32 Å². The zero-order valence-electron chi connectivity index (χ0n) is 14.1. The summed E-state index contributed by atoms with van der Waals surface area (Å²) in [5.74, 6) is 0.151. The highest BCUT2D eigenvalue weighted by atomic mass is 16.2. The Labute approximate surface area is 142 Å². The van der Waals surface area contributed by atoms with Crippen molar-refractivity contribution >= 4 is 5.91 Å². The zero-order valence-corrected chi connectivity index (χ0v) is 14.1. The number of nitrogens with one attached hydrogen (secondary N) is 1. The number of benzene rings is 1. The molecule has 4 heteroatoms. The van der Waals surface area contributed by atoms with Crippen molar-refractivity contribution in [1.82, 2.24) is 15.3 Å². The lowest BCUT2D eigenvalue weighted by molar-refractivity contribution is -0.124. The Balaban J connectivity index is 1.56. The minimum Gasteiger partial charge on any atom is -0.350 e. The quantitative estimate of drug-likeness (QED) is 0.940. The maximum Gasteiger partial charge on any atom is 0.231 e. The van der Waals surface area contributed by atoms with Gasteiger partial charge in [0.25, 0.3) is 0 Å². The van der Waals surface area contributed by atoms with E-state index in [1.165, 1.54) is 31.2 Å². The van der Waals surface area contributed by atoms with Crippen LogP contribution in [-0.2, 0) is 16.8 Å². The molecule has 2 fully saturated rings. The zero-order chi connectivity index (χ0) is 16.6. The monoisotopic (exact) mass is 321 g/mol. The van der Waals surface area contributed by atoms with Gasteiger partial charge in [-0.25, -0.2) is 0 Å². The van der Waals surface area contributed by atoms with Crippen LogP contribution in [0.4, 0.5) is 0 Å². The van der Waals surface area contributed by atoms with Gasteiger partial charge in [0, 0.05) is 6.20 Å². The van der Waals surface area contributed by atoms with Gasteiger partial charge in [-0.05, 0) is 37.2 Å². The van der Waals surface area contributed by atoms with Crippen LogP contribution in [0.1, 0.15) is 49.1 Å². The molecular formula is C20H23N3O. The summed E-state index contributed by atoms with van der Waals surface area (Å²) in [4.78, 5) is 21.8. The van der Waals surface area contributed by atoms with Crippen LogP contribution >= 0.6 is 0 Å². The third-order valence-electron chi connectivity index (χ3n) is 5.86. The molecule has 2 aromatic rings. The van der Waals surface area contributed by atoms with E-state index in [-0.39, 0.29) is 16.7 Å². The number of aromatic nitrogens is 2. The molecule has 1 atom stereocenters. The summed E-state index contributed by atoms with van der Waals surface area (Å²) in [5, 5.41) is 3.13. The smallest absolute Gasteiger partial charge is 0.231 e. The van der Waals surface area contributed by atoms with Crippen molar-refractivity contribution < 1.29 is 4.79 Å². The maximum atomic E-state index is 13.2. The molecule has 2 saturated carbocycles. The van der Waals surface area contributed by atoms with E-state index in [1.807, 2.05) is 25.1 Å². The van der Waals surface area contributed by atoms with Crippen LogP contribution in [0, 0.1) is 12.3 Å². The Bertz CT molecular complexity index is 735. The van der Waals surface area contributed by atoms with E-state index >= 15 is 0 Å². The molecule has 1 amide bonds. The van der Waals surface area contributed by atoms with Crippen LogP contribution in [0.5, 0.6) is 0 Å². The summed E-state index contributed by atoms with van der Waals surface area (Å²) < 4.78 is 0. The van der Waals surface area contributed by atoms with Crippen molar-refractivity contribution in [2.45, 2.75) is 51.0 Å². The molecule has 1 N–H and O–H groups in total. The molecule has 1 aromatic carbocycles. The second-order valence-electron chi connectivity index (χ2n) is 7.27. The molecule has 4 nitrogen and oxygen atoms in total. The fourth-order valence-corrected chi connectivity index (χ4v) is 4.53. The Morgan fingerprint density at radius 2 is 1.88 bits per heavy atom. The number of carbonyl (C=O) groups excluding carboxylic acids is 1. The minimum absolute atomic E-state index is 0.151. The van der Waals surface area contributed by atoms with Gasteiger partial charge in [-0.15, -0.1) is 0 Å². The summed E-state index contributed by atoms with van der Waals surface area (Å²) in [6.45, 7) is 2.35. The fourth-order valence-electron chi connectivity index (χ4n) is 4.53. The van der Waals surface area contributed by atoms with Gasteiger partial charge in [-0.3, -0.25) is 14.8 Å². The van der Waals surface area contributed by atoms with Crippen LogP contribution in [0.3, 0.4) is 0 Å². The van der Waals surface area contributed by atoms with E-state index in [2.05, 4.69) is 27.4 Å². The van der Waals surface area contributed by atoms with E-state index in [0.29, 0.717) is 6.54 Å². The van der Waals surface area contributed by atoms with E-state index < -0.39 is 0 Å². The first-order valence-corrected chi connectivity index (χ1v) is 8.78. The van der Waals surface area contributed by atoms with Gasteiger partial charge in [0.15, 0.2) is 0 Å². The molecule has 24 heavy (non-hydrogen) atoms. The lowest BCUT2D eigenvalue weighted by Gasteiger charge is -2.22. The third-order valence-corrected chi connectivity index (χ3v) is 5.86. The molecule has 4 rings (SSSR count). The number of carbonyl (C=O) groups is 1. The van der Waals surface area contributed by atoms with Crippen LogP contribution in [-0.4, -0.2) is 15.9 Å². The molecule has 2 aliphatic carbocycles. The maximum absolute atomic E-state index is 13.2. The number of hydrogen-bond donors (Lipinski definition) is 1. The molecule has 2 aliphatic rings. The molecule has 0 aliphatic heterocycles. The summed E-state index contributed by atoms with van der Waals surface area (Å²) in [6, 6.07) is 10.3. The SMILES string of the molecule is Cc1cnc(CNC(=O)[C@]2(c3ccccc3)CC23CCCC3)cn1. The Morgan fingerprint density at radius 1 is 1.12 bits per heavy atom. The first-order chi connectivity index (χ1) is 11.7. The number of nitrogens with zero attached hydrogens (tertiary/aromatic N) is 2. The Hall–Kier alpha value is -2.23. The average molecular weight is 321 g/mol. The summed E-state index contributed by atoms with van der Waals surface area (Å²) in [7, 11) is 0. The van der Waals surface area contributed by atoms with Gasteiger partial charge in [0.05, 0.1) is 29.5 Å². The van der Waals surface area contributed by atoms with Gasteiger partial charge >= 0.3 is 0 Å². The normalized spacial score (nSPS) is 24.0. The van der Waals surface area contributed by atoms with Gasteiger partial charge in [-0.2, -0.15) is 0 Å². The number of amides is 1. The van der Waals surface area contributed by atoms with Crippen molar-refractivity contribution in [3.05, 3.63) is 59.7 Å². The van der Waals surface area contributed by atoms with Crippen molar-refractivity contribution in [1.29, 1.82) is 0 Å². The summed E-state index contributed by atoms with van der Waals surface area (Å²) in [5.41, 5.74) is 2.69. The molecule has 0 radical (unpaired) electrons. The van der Waals surface area contributed by atoms with Crippen molar-refractivity contribution in [2.24, 2.45) is 5.41 Å². The topological polar surface area (TPSA) is 54.9 Å². The minimum atomic E-state index is -0.344. The van der Waals surface area contributed by atoms with Crippen LogP contribution in [0.25, 0.3) is 0 Å². The van der Waals surface area contributed by atoms with Crippen molar-refractivity contribution in [3.8, 4) is 0 Å². The summed E-state index contributed by atoms with van der Waals surface area (Å²) >= 11 is 0. The van der Waals surface area contributed by atoms with Gasteiger partial charge in [-0.1, -0.05) is 43.2 Å². The fraction of sp³-hybridized carbons (Fsp3) is 0.450. The molecule has 124 valence electrons. The number of hydrogen-bond acceptors (Lipinski definition) is 3. The second-order valence-corrected chi connectivity index (χ2v) is 7.27. The van der Waals surface area contributed by atoms with Crippen molar-refractivity contribution in [2.75, 3.05) is 0 Å². The van der Waals surface area contributed by atoms with Gasteiger partial charge in [0.1, 0.15) is 0 Å². The molecule has 0 bridgehead atoms. The summed E-state index contributed by atoms with van der Waals surface area (Å²) in [6.07, 6.45) is 9.28. The number of rotatable bonds is 4. The van der Waals surface area contributed by atoms with Gasteiger partial charge in [0.2, 0.25) is 5.91 Å². The van der Waals surface area contributed by atoms with E-state index in [0.717, 1.165) is 17.8 Å². The van der Waals surface area contributed by atoms with E-state index in [1.54, 1.807) is 12.4 Å². The molecular weight excluding hydrogens is 298 g/mol. The number of aryl methyl sites for hydroxylation is 1. The Morgan fingerprint density at radius 3 is 2.54 bits per heavy atom. The highest BCUT2D eigenvalue weighted by Crippen LogP contribution is 2.72. The average Bonchev–Trinajstić information content (AvgIpc) is 3.03. The van der Waals surface area contributed by atoms with Crippen LogP contribution in [0.2, 0.25) is 0 Å². The molecule has 1 spiro atoms. The van der Waals surface area contributed by atoms with Crippen molar-refractivity contribution in [3.63, 3.8) is 0 Å². The highest BCUT2D eigenvalue weighted by molar-refractivity contribution is 5.93. The van der Waals surface area contributed by atoms with E-state index in [4.69, 9.17) is 0 Å². The van der Waals surface area contributed by atoms with Crippen LogP contribution in [0.15, 0.2) is 42.7 Å². The molecule has 1 heterocycles. The standard InChI is InChI=1S/C20H23N3O/c1-15-11-22-17(12-21-15)13-23-18(24)20(16-7-3-2-4-8-16)14-19(20)9-5-6-10-19/h2-4,7-8,11-12H,5-6,9-10,13-14H2,1H3,(H,23,24)/t20-/m1/s1. The third kappa shape index (κ3) is 2.32. The lowest BCUT2D eigenvalue weighted by Crippen LogP contribution is -2.38. The largest absolute Gasteiger partial charge is 0.350 e. The molecule has 0 unspecified atom stereocenters. The molecule has 1 aromatic heterocycles. The lowest BCUT2D eigenvalue weighted by atomic mass is 9.84. The first-order valence-electron chi connectivity index (χ1n) is 8.78. The second kappa shape index (κ2) is 5.69.